The van der Waals surface area contributed by atoms with E-state index in [0.29, 0.717) is 11.7 Å². The number of rotatable bonds is 1. The van der Waals surface area contributed by atoms with Gasteiger partial charge in [-0.05, 0) is 6.92 Å². The molecule has 4 heteroatoms. The smallest absolute Gasteiger partial charge is 0.254 e. The Morgan fingerprint density at radius 3 is 2.50 bits per heavy atom. The van der Waals surface area contributed by atoms with E-state index < -0.39 is 0 Å². The average Bonchev–Trinajstić information content (AvgIpc) is 2.06. The number of nitrogens with one attached hydrogen (secondary N) is 1. The van der Waals surface area contributed by atoms with Crippen molar-refractivity contribution in [1.29, 1.82) is 0 Å². The summed E-state index contributed by atoms with van der Waals surface area (Å²) in [6.07, 6.45) is 0. The fraction of sp³-hybridized carbons (Fsp3) is 0.500. The van der Waals surface area contributed by atoms with E-state index in [0.717, 1.165) is 0 Å². The minimum Gasteiger partial charge on any atom is -0.481 e. The number of hydrogen-bond acceptors (Lipinski definition) is 3. The number of methoxy groups -OCH3 is 1. The summed E-state index contributed by atoms with van der Waals surface area (Å²) in [7, 11) is 1.47. The van der Waals surface area contributed by atoms with Gasteiger partial charge >= 0.3 is 0 Å². The number of ether oxygens (including phenoxy) is 1. The zero-order chi connectivity index (χ0) is 9.56. The summed E-state index contributed by atoms with van der Waals surface area (Å²) in [5.41, 5.74) is -0.190. The number of hydrogen-bond donors (Lipinski definition) is 1. The van der Waals surface area contributed by atoms with Crippen LogP contribution in [-0.4, -0.2) is 17.1 Å². The van der Waals surface area contributed by atoms with Crippen LogP contribution in [-0.2, 0) is 0 Å². The molecule has 0 amide bonds. The predicted molar refractivity (Wildman–Crippen MR) is 47.5 cm³/mol. The zero-order valence-electron chi connectivity index (χ0n) is 7.84. The highest BCUT2D eigenvalue weighted by atomic mass is 16.5. The monoisotopic (exact) mass is 170 g/mol. The molecule has 0 saturated carbocycles. The molecule has 0 aliphatic rings. The first kappa shape index (κ1) is 10.7. The molecular formula is C8H14N2O2. The summed E-state index contributed by atoms with van der Waals surface area (Å²) in [5.74, 6) is 0.908. The molecule has 0 bridgehead atoms. The second kappa shape index (κ2) is 5.35. The molecule has 0 atom stereocenters. The molecule has 0 spiro atoms. The first-order valence-corrected chi connectivity index (χ1v) is 3.84. The van der Waals surface area contributed by atoms with E-state index in [2.05, 4.69) is 9.97 Å². The number of aryl methyl sites for hydroxylation is 1. The molecular weight excluding hydrogens is 156 g/mol. The number of nitrogens with zero attached hydrogens (tertiary/aromatic N) is 1. The van der Waals surface area contributed by atoms with Gasteiger partial charge in [-0.1, -0.05) is 13.8 Å². The lowest BCUT2D eigenvalue weighted by Gasteiger charge is -1.96. The van der Waals surface area contributed by atoms with Crippen molar-refractivity contribution >= 4 is 0 Å². The van der Waals surface area contributed by atoms with Gasteiger partial charge in [-0.25, -0.2) is 4.98 Å². The fourth-order valence-electron chi connectivity index (χ4n) is 0.657. The van der Waals surface area contributed by atoms with Gasteiger partial charge in [0.1, 0.15) is 5.82 Å². The third-order valence-electron chi connectivity index (χ3n) is 1.05. The maximum atomic E-state index is 10.7. The van der Waals surface area contributed by atoms with Crippen LogP contribution in [0.3, 0.4) is 0 Å². The maximum absolute atomic E-state index is 10.7. The molecule has 1 aromatic rings. The Morgan fingerprint density at radius 1 is 1.50 bits per heavy atom. The Bertz CT molecular complexity index is 281. The van der Waals surface area contributed by atoms with Crippen molar-refractivity contribution in [3.63, 3.8) is 0 Å². The average molecular weight is 170 g/mol. The molecule has 1 aromatic heterocycles. The van der Waals surface area contributed by atoms with Gasteiger partial charge in [0.15, 0.2) is 0 Å². The van der Waals surface area contributed by atoms with Crippen LogP contribution in [0.25, 0.3) is 0 Å². The lowest BCUT2D eigenvalue weighted by atomic mass is 10.6. The second-order valence-electron chi connectivity index (χ2n) is 1.87. The molecule has 4 nitrogen and oxygen atoms in total. The van der Waals surface area contributed by atoms with E-state index in [9.17, 15) is 4.79 Å². The first-order chi connectivity index (χ1) is 5.72. The molecule has 12 heavy (non-hydrogen) atoms. The summed E-state index contributed by atoms with van der Waals surface area (Å²) in [6.45, 7) is 5.70. The van der Waals surface area contributed by atoms with Gasteiger partial charge < -0.3 is 9.72 Å². The molecule has 0 radical (unpaired) electrons. The van der Waals surface area contributed by atoms with Crippen LogP contribution in [0.5, 0.6) is 5.88 Å². The van der Waals surface area contributed by atoms with Crippen molar-refractivity contribution in [2.75, 3.05) is 7.11 Å². The van der Waals surface area contributed by atoms with Crippen molar-refractivity contribution in [1.82, 2.24) is 9.97 Å². The normalized spacial score (nSPS) is 8.33. The molecule has 1 N–H and O–H groups in total. The third kappa shape index (κ3) is 3.18. The van der Waals surface area contributed by atoms with Gasteiger partial charge in [-0.15, -0.1) is 0 Å². The van der Waals surface area contributed by atoms with E-state index >= 15 is 0 Å². The summed E-state index contributed by atoms with van der Waals surface area (Å²) in [4.78, 5) is 17.1. The van der Waals surface area contributed by atoms with Crippen molar-refractivity contribution in [3.8, 4) is 5.88 Å². The zero-order valence-corrected chi connectivity index (χ0v) is 7.84. The van der Waals surface area contributed by atoms with Crippen LogP contribution in [0.4, 0.5) is 0 Å². The quantitative estimate of drug-likeness (QED) is 0.687. The Kier molecular flexibility index (Phi) is 4.76. The number of H-pyrrole nitrogens is 1. The van der Waals surface area contributed by atoms with Crippen molar-refractivity contribution < 1.29 is 4.74 Å². The molecule has 0 aliphatic carbocycles. The molecule has 0 aliphatic heterocycles. The van der Waals surface area contributed by atoms with Crippen molar-refractivity contribution in [2.24, 2.45) is 0 Å². The molecule has 0 aromatic carbocycles. The molecule has 0 unspecified atom stereocenters. The van der Waals surface area contributed by atoms with E-state index in [4.69, 9.17) is 4.74 Å². The van der Waals surface area contributed by atoms with Crippen LogP contribution in [0, 0.1) is 6.92 Å². The fourth-order valence-corrected chi connectivity index (χ4v) is 0.657. The Labute approximate surface area is 71.6 Å². The van der Waals surface area contributed by atoms with Crippen LogP contribution in [0.1, 0.15) is 19.7 Å². The highest BCUT2D eigenvalue weighted by Crippen LogP contribution is 1.98. The molecule has 1 heterocycles. The number of aromatic amines is 1. The molecule has 0 saturated heterocycles. The largest absolute Gasteiger partial charge is 0.481 e. The topological polar surface area (TPSA) is 55.0 Å². The van der Waals surface area contributed by atoms with E-state index in [-0.39, 0.29) is 5.56 Å². The highest BCUT2D eigenvalue weighted by Gasteiger charge is 1.94. The Hall–Kier alpha value is -1.32. The molecule has 68 valence electrons. The third-order valence-corrected chi connectivity index (χ3v) is 1.05. The van der Waals surface area contributed by atoms with Crippen LogP contribution in [0.15, 0.2) is 10.9 Å². The van der Waals surface area contributed by atoms with Crippen molar-refractivity contribution in [2.45, 2.75) is 20.8 Å². The van der Waals surface area contributed by atoms with Crippen LogP contribution in [0.2, 0.25) is 0 Å². The van der Waals surface area contributed by atoms with Gasteiger partial charge in [0.25, 0.3) is 5.56 Å². The predicted octanol–water partition coefficient (Wildman–Crippen LogP) is 1.11. The standard InChI is InChI=1S/C6H8N2O2.C2H6/c1-4-7-5(9)3-6(8-4)10-2;1-2/h3H,1-2H3,(H,7,8,9);1-2H3. The maximum Gasteiger partial charge on any atom is 0.254 e. The minimum absolute atomic E-state index is 0.190. The highest BCUT2D eigenvalue weighted by molar-refractivity contribution is 5.07. The second-order valence-corrected chi connectivity index (χ2v) is 1.87. The summed E-state index contributed by atoms with van der Waals surface area (Å²) in [6, 6.07) is 1.30. The summed E-state index contributed by atoms with van der Waals surface area (Å²) < 4.78 is 4.74. The van der Waals surface area contributed by atoms with Gasteiger partial charge in [-0.3, -0.25) is 4.79 Å². The SMILES string of the molecule is CC.COc1cc(=O)[nH]c(C)n1. The summed E-state index contributed by atoms with van der Waals surface area (Å²) in [5, 5.41) is 0. The minimum atomic E-state index is -0.190. The Balaban J connectivity index is 0.000000561. The number of aromatic nitrogens is 2. The van der Waals surface area contributed by atoms with E-state index in [1.807, 2.05) is 13.8 Å². The lowest BCUT2D eigenvalue weighted by Crippen LogP contribution is -2.08. The van der Waals surface area contributed by atoms with Gasteiger partial charge in [0.05, 0.1) is 13.2 Å². The molecule has 0 fully saturated rings. The lowest BCUT2D eigenvalue weighted by molar-refractivity contribution is 0.395. The molecule has 1 rings (SSSR count). The van der Waals surface area contributed by atoms with Gasteiger partial charge in [-0.2, -0.15) is 0 Å². The van der Waals surface area contributed by atoms with Gasteiger partial charge in [0.2, 0.25) is 5.88 Å². The van der Waals surface area contributed by atoms with Crippen LogP contribution < -0.4 is 10.3 Å². The summed E-state index contributed by atoms with van der Waals surface area (Å²) >= 11 is 0. The van der Waals surface area contributed by atoms with E-state index in [1.165, 1.54) is 13.2 Å². The van der Waals surface area contributed by atoms with Crippen LogP contribution >= 0.6 is 0 Å². The van der Waals surface area contributed by atoms with E-state index in [1.54, 1.807) is 6.92 Å². The first-order valence-electron chi connectivity index (χ1n) is 3.84. The van der Waals surface area contributed by atoms with Crippen molar-refractivity contribution in [3.05, 3.63) is 22.2 Å². The Morgan fingerprint density at radius 2 is 2.08 bits per heavy atom. The van der Waals surface area contributed by atoms with Gasteiger partial charge in [0, 0.05) is 0 Å².